The van der Waals surface area contributed by atoms with Gasteiger partial charge in [-0.05, 0) is 45.8 Å². The van der Waals surface area contributed by atoms with Crippen molar-refractivity contribution in [2.45, 2.75) is 18.0 Å². The van der Waals surface area contributed by atoms with Crippen LogP contribution in [0.4, 0.5) is 0 Å². The molecule has 0 aliphatic heterocycles. The lowest BCUT2D eigenvalue weighted by molar-refractivity contribution is 0.465. The number of rotatable bonds is 5. The maximum Gasteiger partial charge on any atom is 0.175 e. The molecule has 0 saturated carbocycles. The summed E-state index contributed by atoms with van der Waals surface area (Å²) < 4.78 is 28.7. The van der Waals surface area contributed by atoms with E-state index >= 15 is 0 Å². The van der Waals surface area contributed by atoms with E-state index in [4.69, 9.17) is 4.42 Å². The summed E-state index contributed by atoms with van der Waals surface area (Å²) in [5.41, 5.74) is 1.03. The molecule has 0 amide bonds. The lowest BCUT2D eigenvalue weighted by atomic mass is 10.2. The highest BCUT2D eigenvalue weighted by atomic mass is 79.9. The molecule has 0 aliphatic rings. The number of halogens is 1. The van der Waals surface area contributed by atoms with Gasteiger partial charge in [0.2, 0.25) is 0 Å². The van der Waals surface area contributed by atoms with Gasteiger partial charge in [-0.3, -0.25) is 0 Å². The fourth-order valence-corrected chi connectivity index (χ4v) is 2.60. The van der Waals surface area contributed by atoms with E-state index in [0.717, 1.165) is 11.3 Å². The Morgan fingerprint density at radius 1 is 1.11 bits per heavy atom. The van der Waals surface area contributed by atoms with Crippen LogP contribution in [-0.4, -0.2) is 14.7 Å². The Hall–Kier alpha value is -1.11. The first kappa shape index (κ1) is 14.3. The lowest BCUT2D eigenvalue weighted by Crippen LogP contribution is -2.12. The van der Waals surface area contributed by atoms with Crippen molar-refractivity contribution in [3.8, 4) is 0 Å². The fraction of sp³-hybridized carbons (Fsp3) is 0.231. The predicted molar refractivity (Wildman–Crippen MR) is 76.5 cm³/mol. The predicted octanol–water partition coefficient (Wildman–Crippen LogP) is 2.74. The molecule has 2 rings (SSSR count). The van der Waals surface area contributed by atoms with Gasteiger partial charge in [-0.1, -0.05) is 12.1 Å². The van der Waals surface area contributed by atoms with E-state index in [-0.39, 0.29) is 0 Å². The van der Waals surface area contributed by atoms with Crippen molar-refractivity contribution in [3.05, 3.63) is 52.4 Å². The minimum Gasteiger partial charge on any atom is -0.453 e. The van der Waals surface area contributed by atoms with Crippen LogP contribution < -0.4 is 5.32 Å². The van der Waals surface area contributed by atoms with Crippen molar-refractivity contribution in [3.63, 3.8) is 0 Å². The first-order chi connectivity index (χ1) is 8.95. The third-order valence-electron chi connectivity index (χ3n) is 2.61. The van der Waals surface area contributed by atoms with Crippen molar-refractivity contribution in [2.75, 3.05) is 6.26 Å². The number of nitrogens with one attached hydrogen (secondary N) is 1. The molecule has 0 atom stereocenters. The molecular weight excluding hydrogens is 330 g/mol. The van der Waals surface area contributed by atoms with Gasteiger partial charge >= 0.3 is 0 Å². The van der Waals surface area contributed by atoms with E-state index in [1.165, 1.54) is 6.26 Å². The van der Waals surface area contributed by atoms with Crippen molar-refractivity contribution < 1.29 is 12.8 Å². The molecule has 1 aromatic heterocycles. The molecule has 0 saturated heterocycles. The zero-order valence-corrected chi connectivity index (χ0v) is 12.8. The summed E-state index contributed by atoms with van der Waals surface area (Å²) in [4.78, 5) is 0.339. The molecule has 0 spiro atoms. The Morgan fingerprint density at radius 2 is 1.79 bits per heavy atom. The minimum atomic E-state index is -3.12. The highest BCUT2D eigenvalue weighted by Crippen LogP contribution is 2.14. The number of sulfone groups is 1. The van der Waals surface area contributed by atoms with Crippen LogP contribution in [0.2, 0.25) is 0 Å². The summed E-state index contributed by atoms with van der Waals surface area (Å²) in [7, 11) is -3.12. The molecule has 0 fully saturated rings. The second-order valence-electron chi connectivity index (χ2n) is 4.23. The van der Waals surface area contributed by atoms with Gasteiger partial charge in [-0.2, -0.15) is 0 Å². The van der Waals surface area contributed by atoms with Gasteiger partial charge in [-0.25, -0.2) is 8.42 Å². The van der Waals surface area contributed by atoms with E-state index < -0.39 is 9.84 Å². The minimum absolute atomic E-state index is 0.339. The first-order valence-electron chi connectivity index (χ1n) is 5.69. The molecule has 1 aromatic carbocycles. The van der Waals surface area contributed by atoms with Gasteiger partial charge in [0.15, 0.2) is 14.5 Å². The first-order valence-corrected chi connectivity index (χ1v) is 8.37. The number of hydrogen-bond acceptors (Lipinski definition) is 4. The smallest absolute Gasteiger partial charge is 0.175 e. The van der Waals surface area contributed by atoms with Crippen LogP contribution in [0.25, 0.3) is 0 Å². The molecule has 1 N–H and O–H groups in total. The normalized spacial score (nSPS) is 11.7. The Labute approximate surface area is 120 Å². The summed E-state index contributed by atoms with van der Waals surface area (Å²) in [5.74, 6) is 0.847. The van der Waals surface area contributed by atoms with E-state index in [1.807, 2.05) is 12.1 Å². The monoisotopic (exact) mass is 343 g/mol. The highest BCUT2D eigenvalue weighted by Gasteiger charge is 2.06. The maximum atomic E-state index is 11.3. The Morgan fingerprint density at radius 3 is 2.32 bits per heavy atom. The van der Waals surface area contributed by atoms with Crippen LogP contribution in [0.1, 0.15) is 11.3 Å². The molecular formula is C13H14BrNO3S. The largest absolute Gasteiger partial charge is 0.453 e. The third kappa shape index (κ3) is 4.19. The third-order valence-corrected chi connectivity index (χ3v) is 4.16. The van der Waals surface area contributed by atoms with E-state index in [1.54, 1.807) is 24.3 Å². The quantitative estimate of drug-likeness (QED) is 0.906. The molecule has 1 heterocycles. The Balaban J connectivity index is 1.90. The zero-order chi connectivity index (χ0) is 13.9. The van der Waals surface area contributed by atoms with Crippen LogP contribution in [0.5, 0.6) is 0 Å². The van der Waals surface area contributed by atoms with Crippen molar-refractivity contribution >= 4 is 25.8 Å². The number of hydrogen-bond donors (Lipinski definition) is 1. The average Bonchev–Trinajstić information content (AvgIpc) is 2.75. The van der Waals surface area contributed by atoms with Crippen LogP contribution in [0.3, 0.4) is 0 Å². The maximum absolute atomic E-state index is 11.3. The van der Waals surface area contributed by atoms with Crippen LogP contribution in [0.15, 0.2) is 50.4 Å². The van der Waals surface area contributed by atoms with E-state index in [2.05, 4.69) is 21.2 Å². The van der Waals surface area contributed by atoms with Crippen LogP contribution in [0, 0.1) is 0 Å². The average molecular weight is 344 g/mol. The summed E-state index contributed by atoms with van der Waals surface area (Å²) in [6.45, 7) is 1.28. The number of furan rings is 1. The molecule has 0 aliphatic carbocycles. The topological polar surface area (TPSA) is 59.3 Å². The van der Waals surface area contributed by atoms with Crippen LogP contribution in [-0.2, 0) is 22.9 Å². The molecule has 19 heavy (non-hydrogen) atoms. The van der Waals surface area contributed by atoms with Gasteiger partial charge in [0.1, 0.15) is 5.76 Å². The molecule has 2 aromatic rings. The second kappa shape index (κ2) is 5.90. The van der Waals surface area contributed by atoms with Gasteiger partial charge < -0.3 is 9.73 Å². The summed E-state index contributed by atoms with van der Waals surface area (Å²) in [5, 5.41) is 3.23. The van der Waals surface area contributed by atoms with Crippen molar-refractivity contribution in [1.29, 1.82) is 0 Å². The van der Waals surface area contributed by atoms with Crippen molar-refractivity contribution in [2.24, 2.45) is 0 Å². The van der Waals surface area contributed by atoms with Gasteiger partial charge in [-0.15, -0.1) is 0 Å². The molecule has 0 bridgehead atoms. The van der Waals surface area contributed by atoms with Crippen LogP contribution >= 0.6 is 15.9 Å². The second-order valence-corrected chi connectivity index (χ2v) is 7.02. The standard InChI is InChI=1S/C13H14BrNO3S/c1-19(16,17)12-5-2-10(3-6-12)8-15-9-11-4-7-13(14)18-11/h2-7,15H,8-9H2,1H3. The van der Waals surface area contributed by atoms with Gasteiger partial charge in [0.25, 0.3) is 0 Å². The summed E-state index contributed by atoms with van der Waals surface area (Å²) >= 11 is 3.24. The molecule has 0 radical (unpaired) electrons. The van der Waals surface area contributed by atoms with Crippen molar-refractivity contribution in [1.82, 2.24) is 5.32 Å². The molecule has 6 heteroatoms. The summed E-state index contributed by atoms with van der Waals surface area (Å²) in [6, 6.07) is 10.6. The van der Waals surface area contributed by atoms with Gasteiger partial charge in [0, 0.05) is 12.8 Å². The SMILES string of the molecule is CS(=O)(=O)c1ccc(CNCc2ccc(Br)o2)cc1. The zero-order valence-electron chi connectivity index (χ0n) is 10.4. The summed E-state index contributed by atoms with van der Waals surface area (Å²) in [6.07, 6.45) is 1.20. The van der Waals surface area contributed by atoms with E-state index in [9.17, 15) is 8.42 Å². The van der Waals surface area contributed by atoms with E-state index in [0.29, 0.717) is 22.7 Å². The van der Waals surface area contributed by atoms with Gasteiger partial charge in [0.05, 0.1) is 11.4 Å². The molecule has 0 unspecified atom stereocenters. The molecule has 102 valence electrons. The Kier molecular flexibility index (Phi) is 4.44. The molecule has 4 nitrogen and oxygen atoms in total. The fourth-order valence-electron chi connectivity index (χ4n) is 1.63. The Bertz CT molecular complexity index is 647. The lowest BCUT2D eigenvalue weighted by Gasteiger charge is -2.04. The number of benzene rings is 1. The highest BCUT2D eigenvalue weighted by molar-refractivity contribution is 9.10.